The number of para-hydroxylation sites is 6. The maximum absolute atomic E-state index is 5.54. The summed E-state index contributed by atoms with van der Waals surface area (Å²) >= 11 is 0. The topological polar surface area (TPSA) is 53.5 Å². The Morgan fingerprint density at radius 1 is 0.227 bits per heavy atom. The molecule has 0 N–H and O–H groups in total. The van der Waals surface area contributed by atoms with Gasteiger partial charge in [0, 0.05) is 49.0 Å². The number of hydrogen-bond donors (Lipinski definition) is 0. The van der Waals surface area contributed by atoms with Crippen LogP contribution in [-0.4, -0.2) is 28.7 Å². The van der Waals surface area contributed by atoms with Gasteiger partial charge in [-0.15, -0.1) is 0 Å². The zero-order valence-electron chi connectivity index (χ0n) is 40.6. The Morgan fingerprint density at radius 3 is 1.16 bits per heavy atom. The third-order valence-corrected chi connectivity index (χ3v) is 14.9. The van der Waals surface area contributed by atoms with Crippen LogP contribution in [0.25, 0.3) is 139 Å². The number of fused-ring (bicyclic) bond motifs is 9. The Balaban J connectivity index is 1.05. The summed E-state index contributed by atoms with van der Waals surface area (Å²) in [5.41, 5.74) is 16.9. The molecule has 0 aliphatic rings. The Kier molecular flexibility index (Phi) is 9.78. The lowest BCUT2D eigenvalue weighted by Gasteiger charge is -2.17. The second-order valence-electron chi connectivity index (χ2n) is 19.1. The molecule has 0 amide bonds. The molecule has 15 aromatic rings. The standard InChI is InChI=1S/C69H44N6/c1-4-22-45(23-5-1)48-42-49(46-24-6-2-7-25-46)44-50(43-48)68-70-67(47-26-8-3-9-27-47)71-69(72-68)55-32-14-19-38-61(55)75-63-40-21-39-62(73-57-34-15-10-28-51(57)52-29-11-16-35-58(52)73)65(63)56-33-20-41-64(66(56)75)74-59-36-17-12-30-53(59)54-31-13-18-37-60(54)74/h1-44H. The summed E-state index contributed by atoms with van der Waals surface area (Å²) in [6.07, 6.45) is 0. The fourth-order valence-electron chi connectivity index (χ4n) is 11.6. The summed E-state index contributed by atoms with van der Waals surface area (Å²) in [5, 5.41) is 7.12. The van der Waals surface area contributed by atoms with Crippen LogP contribution in [-0.2, 0) is 0 Å². The lowest BCUT2D eigenvalue weighted by atomic mass is 9.96. The van der Waals surface area contributed by atoms with E-state index in [2.05, 4.69) is 262 Å². The lowest BCUT2D eigenvalue weighted by Crippen LogP contribution is -2.05. The van der Waals surface area contributed by atoms with E-state index in [4.69, 9.17) is 15.0 Å². The van der Waals surface area contributed by atoms with Crippen LogP contribution in [0.5, 0.6) is 0 Å². The van der Waals surface area contributed by atoms with E-state index in [9.17, 15) is 0 Å². The molecule has 15 rings (SSSR count). The van der Waals surface area contributed by atoms with E-state index in [0.29, 0.717) is 17.5 Å². The molecule has 75 heavy (non-hydrogen) atoms. The van der Waals surface area contributed by atoms with Gasteiger partial charge in [0.2, 0.25) is 0 Å². The van der Waals surface area contributed by atoms with Crippen LogP contribution in [0.15, 0.2) is 267 Å². The SMILES string of the molecule is c1ccc(-c2cc(-c3ccccc3)cc(-c3nc(-c4ccccc4)nc(-c4ccccc4-n4c5cccc(-n6c7ccccc7c7ccccc76)c5c5cccc(-n6c7ccccc7c7ccccc76)c54)n3)c2)cc1. The van der Waals surface area contributed by atoms with Crippen LogP contribution < -0.4 is 0 Å². The first-order chi connectivity index (χ1) is 37.2. The van der Waals surface area contributed by atoms with Crippen LogP contribution in [0.1, 0.15) is 0 Å². The molecular weight excluding hydrogens is 913 g/mol. The number of aromatic nitrogens is 6. The Hall–Kier alpha value is -10.2. The number of hydrogen-bond acceptors (Lipinski definition) is 3. The second-order valence-corrected chi connectivity index (χ2v) is 19.1. The van der Waals surface area contributed by atoms with Gasteiger partial charge in [-0.1, -0.05) is 194 Å². The summed E-state index contributed by atoms with van der Waals surface area (Å²) in [5.74, 6) is 1.76. The molecule has 0 radical (unpaired) electrons. The quantitative estimate of drug-likeness (QED) is 0.152. The summed E-state index contributed by atoms with van der Waals surface area (Å²) in [6.45, 7) is 0. The third kappa shape index (κ3) is 6.84. The normalized spacial score (nSPS) is 11.7. The minimum absolute atomic E-state index is 0.573. The van der Waals surface area contributed by atoms with E-state index in [0.717, 1.165) is 99.9 Å². The molecule has 0 bridgehead atoms. The Bertz CT molecular complexity index is 4540. The molecule has 0 saturated carbocycles. The molecule has 0 aliphatic heterocycles. The van der Waals surface area contributed by atoms with E-state index in [1.807, 2.05) is 18.2 Å². The third-order valence-electron chi connectivity index (χ3n) is 14.9. The highest BCUT2D eigenvalue weighted by Crippen LogP contribution is 2.45. The second kappa shape index (κ2) is 17.3. The van der Waals surface area contributed by atoms with Gasteiger partial charge in [-0.2, -0.15) is 0 Å². The van der Waals surface area contributed by atoms with Crippen molar-refractivity contribution in [2.24, 2.45) is 0 Å². The predicted octanol–water partition coefficient (Wildman–Crippen LogP) is 17.5. The fraction of sp³-hybridized carbons (Fsp3) is 0. The molecule has 6 heteroatoms. The van der Waals surface area contributed by atoms with Crippen molar-refractivity contribution < 1.29 is 0 Å². The van der Waals surface area contributed by atoms with E-state index >= 15 is 0 Å². The van der Waals surface area contributed by atoms with E-state index in [-0.39, 0.29) is 0 Å². The average Bonchev–Trinajstić information content (AvgIpc) is 4.14. The maximum Gasteiger partial charge on any atom is 0.166 e. The number of nitrogens with zero attached hydrogens (tertiary/aromatic N) is 6. The maximum atomic E-state index is 5.54. The van der Waals surface area contributed by atoms with Crippen molar-refractivity contribution in [3.8, 4) is 73.5 Å². The predicted molar refractivity (Wildman–Crippen MR) is 310 cm³/mol. The molecule has 6 nitrogen and oxygen atoms in total. The van der Waals surface area contributed by atoms with Gasteiger partial charge < -0.3 is 13.7 Å². The van der Waals surface area contributed by atoms with Gasteiger partial charge in [0.1, 0.15) is 0 Å². The minimum atomic E-state index is 0.573. The summed E-state index contributed by atoms with van der Waals surface area (Å²) in [6, 6.07) is 95.2. The largest absolute Gasteiger partial charge is 0.309 e. The molecule has 0 spiro atoms. The van der Waals surface area contributed by atoms with Crippen molar-refractivity contribution in [3.05, 3.63) is 267 Å². The molecule has 0 saturated heterocycles. The summed E-state index contributed by atoms with van der Waals surface area (Å²) < 4.78 is 7.36. The van der Waals surface area contributed by atoms with Crippen molar-refractivity contribution in [1.82, 2.24) is 28.7 Å². The van der Waals surface area contributed by atoms with Gasteiger partial charge in [0.25, 0.3) is 0 Å². The Labute approximate surface area is 432 Å². The van der Waals surface area contributed by atoms with Crippen LogP contribution in [0.4, 0.5) is 0 Å². The first-order valence-electron chi connectivity index (χ1n) is 25.4. The van der Waals surface area contributed by atoms with Crippen LogP contribution in [0.3, 0.4) is 0 Å². The van der Waals surface area contributed by atoms with E-state index in [1.165, 1.54) is 21.5 Å². The van der Waals surface area contributed by atoms with Crippen molar-refractivity contribution in [1.29, 1.82) is 0 Å². The fourth-order valence-corrected chi connectivity index (χ4v) is 11.6. The van der Waals surface area contributed by atoms with Crippen LogP contribution in [0, 0.1) is 0 Å². The first-order valence-corrected chi connectivity index (χ1v) is 25.4. The van der Waals surface area contributed by atoms with Gasteiger partial charge >= 0.3 is 0 Å². The van der Waals surface area contributed by atoms with E-state index < -0.39 is 0 Å². The summed E-state index contributed by atoms with van der Waals surface area (Å²) in [7, 11) is 0. The summed E-state index contributed by atoms with van der Waals surface area (Å²) in [4.78, 5) is 16.3. The number of rotatable bonds is 8. The average molecular weight is 957 g/mol. The molecule has 0 fully saturated rings. The zero-order valence-corrected chi connectivity index (χ0v) is 40.6. The van der Waals surface area contributed by atoms with Crippen LogP contribution in [0.2, 0.25) is 0 Å². The lowest BCUT2D eigenvalue weighted by molar-refractivity contribution is 1.06. The molecule has 4 aromatic heterocycles. The highest BCUT2D eigenvalue weighted by Gasteiger charge is 2.26. The Morgan fingerprint density at radius 2 is 0.600 bits per heavy atom. The minimum Gasteiger partial charge on any atom is -0.309 e. The van der Waals surface area contributed by atoms with Gasteiger partial charge in [-0.3, -0.25) is 0 Å². The van der Waals surface area contributed by atoms with Gasteiger partial charge in [-0.05, 0) is 95.1 Å². The van der Waals surface area contributed by atoms with Gasteiger partial charge in [0.15, 0.2) is 17.5 Å². The van der Waals surface area contributed by atoms with Gasteiger partial charge in [0.05, 0.1) is 50.2 Å². The van der Waals surface area contributed by atoms with Crippen molar-refractivity contribution in [2.45, 2.75) is 0 Å². The van der Waals surface area contributed by atoms with Crippen LogP contribution >= 0.6 is 0 Å². The van der Waals surface area contributed by atoms with Crippen molar-refractivity contribution in [2.75, 3.05) is 0 Å². The molecular formula is C69H44N6. The molecule has 11 aromatic carbocycles. The molecule has 0 atom stereocenters. The van der Waals surface area contributed by atoms with Gasteiger partial charge in [-0.25, -0.2) is 15.0 Å². The monoisotopic (exact) mass is 956 g/mol. The molecule has 0 unspecified atom stereocenters. The zero-order chi connectivity index (χ0) is 49.4. The van der Waals surface area contributed by atoms with E-state index in [1.54, 1.807) is 0 Å². The van der Waals surface area contributed by atoms with Crippen molar-refractivity contribution in [3.63, 3.8) is 0 Å². The molecule has 4 heterocycles. The molecule has 0 aliphatic carbocycles. The smallest absolute Gasteiger partial charge is 0.166 e. The molecule has 350 valence electrons. The number of benzene rings is 11. The first kappa shape index (κ1) is 42.5. The highest BCUT2D eigenvalue weighted by atomic mass is 15.1. The van der Waals surface area contributed by atoms with Crippen molar-refractivity contribution >= 4 is 65.4 Å². The highest BCUT2D eigenvalue weighted by molar-refractivity contribution is 6.19.